The number of aryl methyl sites for hydroxylation is 1. The molecule has 0 heterocycles. The maximum atomic E-state index is 10.9. The van der Waals surface area contributed by atoms with E-state index >= 15 is 0 Å². The Balaban J connectivity index is 1.89. The van der Waals surface area contributed by atoms with Crippen molar-refractivity contribution in [2.45, 2.75) is 51.6 Å². The van der Waals surface area contributed by atoms with Crippen LogP contribution in [-0.2, 0) is 11.2 Å². The topological polar surface area (TPSA) is 69.6 Å². The van der Waals surface area contributed by atoms with Gasteiger partial charge in [-0.2, -0.15) is 0 Å². The van der Waals surface area contributed by atoms with Crippen molar-refractivity contribution in [3.63, 3.8) is 0 Å². The number of hydroxylamine groups is 1. The van der Waals surface area contributed by atoms with Gasteiger partial charge in [0.25, 0.3) is 0 Å². The summed E-state index contributed by atoms with van der Waals surface area (Å²) in [4.78, 5) is 10.9. The lowest BCUT2D eigenvalue weighted by Gasteiger charge is -2.12. The van der Waals surface area contributed by atoms with Gasteiger partial charge >= 0.3 is 0 Å². The molecule has 0 bridgehead atoms. The second-order valence-electron chi connectivity index (χ2n) is 6.37. The minimum Gasteiger partial charge on any atom is -0.388 e. The molecule has 25 heavy (non-hydrogen) atoms. The van der Waals surface area contributed by atoms with Gasteiger partial charge in [-0.25, -0.2) is 5.48 Å². The Bertz CT molecular complexity index is 650. The molecule has 1 atom stereocenters. The predicted molar refractivity (Wildman–Crippen MR) is 99.2 cm³/mol. The van der Waals surface area contributed by atoms with Gasteiger partial charge in [0, 0.05) is 6.42 Å². The van der Waals surface area contributed by atoms with Crippen molar-refractivity contribution in [1.82, 2.24) is 5.48 Å². The van der Waals surface area contributed by atoms with Crippen LogP contribution in [-0.4, -0.2) is 16.2 Å². The van der Waals surface area contributed by atoms with Gasteiger partial charge in [0.15, 0.2) is 0 Å². The summed E-state index contributed by atoms with van der Waals surface area (Å²) in [5, 5.41) is 18.7. The monoisotopic (exact) mass is 341 g/mol. The Kier molecular flexibility index (Phi) is 7.64. The van der Waals surface area contributed by atoms with Crippen LogP contribution in [0.3, 0.4) is 0 Å². The van der Waals surface area contributed by atoms with Crippen LogP contribution in [0.4, 0.5) is 0 Å². The van der Waals surface area contributed by atoms with E-state index in [1.807, 2.05) is 24.3 Å². The minimum atomic E-state index is -0.529. The van der Waals surface area contributed by atoms with Gasteiger partial charge in [-0.05, 0) is 41.5 Å². The fraction of sp³-hybridized carbons (Fsp3) is 0.381. The van der Waals surface area contributed by atoms with Crippen LogP contribution in [0.2, 0.25) is 0 Å². The molecule has 0 aliphatic carbocycles. The molecule has 1 amide bonds. The van der Waals surface area contributed by atoms with Crippen LogP contribution in [0.5, 0.6) is 0 Å². The number of hydrogen-bond acceptors (Lipinski definition) is 3. The molecular weight excluding hydrogens is 314 g/mol. The Morgan fingerprint density at radius 1 is 1.00 bits per heavy atom. The Hall–Kier alpha value is -2.17. The predicted octanol–water partition coefficient (Wildman–Crippen LogP) is 4.41. The summed E-state index contributed by atoms with van der Waals surface area (Å²) >= 11 is 0. The third-order valence-corrected chi connectivity index (χ3v) is 4.38. The lowest BCUT2D eigenvalue weighted by atomic mass is 9.98. The number of hydrogen-bond donors (Lipinski definition) is 3. The number of unbranched alkanes of at least 4 members (excludes halogenated alkanes) is 1. The van der Waals surface area contributed by atoms with E-state index in [1.54, 1.807) is 5.48 Å². The first-order valence-electron chi connectivity index (χ1n) is 8.94. The van der Waals surface area contributed by atoms with Gasteiger partial charge in [-0.15, -0.1) is 0 Å². The van der Waals surface area contributed by atoms with Gasteiger partial charge in [-0.1, -0.05) is 68.3 Å². The van der Waals surface area contributed by atoms with E-state index in [4.69, 9.17) is 5.21 Å². The van der Waals surface area contributed by atoms with Gasteiger partial charge in [0.05, 0.1) is 6.10 Å². The third kappa shape index (κ3) is 6.00. The Morgan fingerprint density at radius 3 is 2.16 bits per heavy atom. The van der Waals surface area contributed by atoms with E-state index in [2.05, 4.69) is 31.2 Å². The standard InChI is InChI=1S/C21H27NO3/c1-2-5-16-8-10-17(11-9-16)18-12-14-19(15-13-18)20(23)6-3-4-7-21(24)22-25/h8-15,20,23,25H,2-7H2,1H3,(H,22,24). The highest BCUT2D eigenvalue weighted by molar-refractivity contribution is 5.74. The molecule has 0 saturated heterocycles. The average molecular weight is 341 g/mol. The van der Waals surface area contributed by atoms with E-state index in [0.29, 0.717) is 12.8 Å². The summed E-state index contributed by atoms with van der Waals surface area (Å²) in [6.07, 6.45) is 3.97. The highest BCUT2D eigenvalue weighted by Crippen LogP contribution is 2.25. The lowest BCUT2D eigenvalue weighted by Crippen LogP contribution is -2.17. The molecule has 0 fully saturated rings. The molecule has 134 valence electrons. The second kappa shape index (κ2) is 9.97. The molecular formula is C21H27NO3. The number of nitrogens with one attached hydrogen (secondary N) is 1. The first-order chi connectivity index (χ1) is 12.1. The summed E-state index contributed by atoms with van der Waals surface area (Å²) in [6.45, 7) is 2.18. The molecule has 2 rings (SSSR count). The smallest absolute Gasteiger partial charge is 0.243 e. The fourth-order valence-corrected chi connectivity index (χ4v) is 2.90. The number of benzene rings is 2. The van der Waals surface area contributed by atoms with Crippen molar-refractivity contribution in [3.05, 3.63) is 59.7 Å². The molecule has 0 aliphatic rings. The van der Waals surface area contributed by atoms with E-state index in [-0.39, 0.29) is 12.3 Å². The van der Waals surface area contributed by atoms with Gasteiger partial charge < -0.3 is 5.11 Å². The molecule has 1 unspecified atom stereocenters. The maximum Gasteiger partial charge on any atom is 0.243 e. The number of rotatable bonds is 9. The van der Waals surface area contributed by atoms with Crippen molar-refractivity contribution in [3.8, 4) is 11.1 Å². The van der Waals surface area contributed by atoms with Gasteiger partial charge in [0.1, 0.15) is 0 Å². The molecule has 2 aromatic carbocycles. The van der Waals surface area contributed by atoms with Crippen LogP contribution in [0.15, 0.2) is 48.5 Å². The minimum absolute atomic E-state index is 0.274. The van der Waals surface area contributed by atoms with Crippen LogP contribution in [0, 0.1) is 0 Å². The summed E-state index contributed by atoms with van der Waals surface area (Å²) in [5.74, 6) is -0.385. The van der Waals surface area contributed by atoms with Gasteiger partial charge in [-0.3, -0.25) is 10.0 Å². The van der Waals surface area contributed by atoms with E-state index in [1.165, 1.54) is 11.1 Å². The van der Waals surface area contributed by atoms with Crippen molar-refractivity contribution in [2.75, 3.05) is 0 Å². The quantitative estimate of drug-likeness (QED) is 0.359. The van der Waals surface area contributed by atoms with Crippen molar-refractivity contribution in [2.24, 2.45) is 0 Å². The van der Waals surface area contributed by atoms with E-state index in [9.17, 15) is 9.90 Å². The molecule has 0 spiro atoms. The Labute approximate surface area is 149 Å². The summed E-state index contributed by atoms with van der Waals surface area (Å²) in [7, 11) is 0. The third-order valence-electron chi connectivity index (χ3n) is 4.38. The van der Waals surface area contributed by atoms with E-state index in [0.717, 1.165) is 30.4 Å². The zero-order valence-electron chi connectivity index (χ0n) is 14.7. The molecule has 0 radical (unpaired) electrons. The first kappa shape index (κ1) is 19.2. The zero-order valence-corrected chi connectivity index (χ0v) is 14.7. The second-order valence-corrected chi connectivity index (χ2v) is 6.37. The van der Waals surface area contributed by atoms with Crippen molar-refractivity contribution >= 4 is 5.91 Å². The Morgan fingerprint density at radius 2 is 1.60 bits per heavy atom. The van der Waals surface area contributed by atoms with Crippen LogP contribution in [0.1, 0.15) is 56.3 Å². The molecule has 0 aromatic heterocycles. The number of aliphatic hydroxyl groups is 1. The SMILES string of the molecule is CCCc1ccc(-c2ccc(C(O)CCCCC(=O)NO)cc2)cc1. The molecule has 2 aromatic rings. The van der Waals surface area contributed by atoms with Crippen LogP contribution < -0.4 is 5.48 Å². The van der Waals surface area contributed by atoms with Gasteiger partial charge in [0.2, 0.25) is 5.91 Å². The number of carbonyl (C=O) groups excluding carboxylic acids is 1. The number of amides is 1. The zero-order chi connectivity index (χ0) is 18.1. The largest absolute Gasteiger partial charge is 0.388 e. The maximum absolute atomic E-state index is 10.9. The lowest BCUT2D eigenvalue weighted by molar-refractivity contribution is -0.129. The molecule has 3 N–H and O–H groups in total. The van der Waals surface area contributed by atoms with Crippen molar-refractivity contribution in [1.29, 1.82) is 0 Å². The highest BCUT2D eigenvalue weighted by Gasteiger charge is 2.08. The van der Waals surface area contributed by atoms with Crippen LogP contribution >= 0.6 is 0 Å². The fourth-order valence-electron chi connectivity index (χ4n) is 2.90. The number of carbonyl (C=O) groups is 1. The first-order valence-corrected chi connectivity index (χ1v) is 8.94. The highest BCUT2D eigenvalue weighted by atomic mass is 16.5. The summed E-state index contributed by atoms with van der Waals surface area (Å²) in [5.41, 5.74) is 6.17. The molecule has 4 heteroatoms. The molecule has 4 nitrogen and oxygen atoms in total. The molecule has 0 aliphatic heterocycles. The number of aliphatic hydroxyl groups excluding tert-OH is 1. The van der Waals surface area contributed by atoms with E-state index < -0.39 is 6.10 Å². The van der Waals surface area contributed by atoms with Crippen LogP contribution in [0.25, 0.3) is 11.1 Å². The normalized spacial score (nSPS) is 12.0. The summed E-state index contributed by atoms with van der Waals surface area (Å²) in [6, 6.07) is 16.6. The van der Waals surface area contributed by atoms with Crippen molar-refractivity contribution < 1.29 is 15.1 Å². The molecule has 0 saturated carbocycles. The summed E-state index contributed by atoms with van der Waals surface area (Å²) < 4.78 is 0. The average Bonchev–Trinajstić information content (AvgIpc) is 2.66.